The number of aliphatic carboxylic acids is 1. The summed E-state index contributed by atoms with van der Waals surface area (Å²) in [5, 5.41) is 11.9. The van der Waals surface area contributed by atoms with Crippen molar-refractivity contribution >= 4 is 27.6 Å². The lowest BCUT2D eigenvalue weighted by Crippen LogP contribution is -2.41. The van der Waals surface area contributed by atoms with Crippen molar-refractivity contribution in [3.8, 4) is 5.75 Å². The molecule has 0 saturated heterocycles. The zero-order valence-electron chi connectivity index (χ0n) is 15.5. The monoisotopic (exact) mass is 406 g/mol. The van der Waals surface area contributed by atoms with Gasteiger partial charge in [-0.3, -0.25) is 9.59 Å². The maximum Gasteiger partial charge on any atom is 0.321 e. The minimum Gasteiger partial charge on any atom is -0.497 e. The van der Waals surface area contributed by atoms with E-state index >= 15 is 0 Å². The number of carbonyl (C=O) groups is 2. The number of ether oxygens (including phenoxy) is 1. The van der Waals surface area contributed by atoms with Crippen molar-refractivity contribution in [1.29, 1.82) is 0 Å². The number of carboxylic acid groups (broad SMARTS) is 1. The highest BCUT2D eigenvalue weighted by Gasteiger charge is 2.26. The molecule has 0 aliphatic heterocycles. The fraction of sp³-hybridized carbons (Fsp3) is 0.263. The van der Waals surface area contributed by atoms with Gasteiger partial charge in [0.05, 0.1) is 12.0 Å². The third-order valence-corrected chi connectivity index (χ3v) is 5.45. The van der Waals surface area contributed by atoms with Gasteiger partial charge in [0.25, 0.3) is 0 Å². The molecule has 8 nitrogen and oxygen atoms in total. The second kappa shape index (κ2) is 9.34. The lowest BCUT2D eigenvalue weighted by Gasteiger charge is -2.15. The number of methoxy groups -OCH3 is 1. The Labute approximate surface area is 163 Å². The van der Waals surface area contributed by atoms with Gasteiger partial charge in [-0.05, 0) is 49.7 Å². The molecule has 0 fully saturated rings. The molecule has 0 aromatic heterocycles. The highest BCUT2D eigenvalue weighted by Crippen LogP contribution is 2.16. The van der Waals surface area contributed by atoms with Crippen molar-refractivity contribution in [1.82, 2.24) is 4.72 Å². The molecule has 2 aromatic rings. The van der Waals surface area contributed by atoms with Gasteiger partial charge in [0.2, 0.25) is 15.9 Å². The van der Waals surface area contributed by atoms with E-state index in [1.165, 1.54) is 19.2 Å². The number of aryl methyl sites for hydroxylation is 1. The summed E-state index contributed by atoms with van der Waals surface area (Å²) < 4.78 is 31.9. The summed E-state index contributed by atoms with van der Waals surface area (Å²) >= 11 is 0. The van der Waals surface area contributed by atoms with Gasteiger partial charge >= 0.3 is 5.97 Å². The molecule has 1 amide bonds. The van der Waals surface area contributed by atoms with Crippen LogP contribution in [0.2, 0.25) is 0 Å². The third-order valence-electron chi connectivity index (χ3n) is 3.96. The number of rotatable bonds is 9. The van der Waals surface area contributed by atoms with Gasteiger partial charge in [-0.2, -0.15) is 4.72 Å². The van der Waals surface area contributed by atoms with Crippen molar-refractivity contribution in [2.75, 3.05) is 12.4 Å². The molecule has 28 heavy (non-hydrogen) atoms. The molecule has 1 atom stereocenters. The van der Waals surface area contributed by atoms with Gasteiger partial charge in [-0.15, -0.1) is 0 Å². The average molecular weight is 406 g/mol. The molecule has 2 rings (SSSR count). The summed E-state index contributed by atoms with van der Waals surface area (Å²) in [5.41, 5.74) is 1.40. The number of nitrogens with one attached hydrogen (secondary N) is 2. The number of hydrogen-bond donors (Lipinski definition) is 3. The van der Waals surface area contributed by atoms with Crippen molar-refractivity contribution in [3.63, 3.8) is 0 Å². The predicted octanol–water partition coefficient (Wildman–Crippen LogP) is 2.15. The molecule has 0 aliphatic carbocycles. The molecule has 0 aliphatic rings. The Balaban J connectivity index is 1.97. The number of carboxylic acids is 1. The molecule has 0 unspecified atom stereocenters. The van der Waals surface area contributed by atoms with Crippen LogP contribution in [0.1, 0.15) is 18.4 Å². The van der Waals surface area contributed by atoms with Crippen molar-refractivity contribution < 1.29 is 27.9 Å². The van der Waals surface area contributed by atoms with E-state index in [9.17, 15) is 23.1 Å². The second-order valence-corrected chi connectivity index (χ2v) is 7.85. The molecule has 0 saturated carbocycles. The Morgan fingerprint density at radius 2 is 1.68 bits per heavy atom. The standard InChI is InChI=1S/C19H22N2O6S/c1-13-3-9-16(10-4-13)28(25,26)21-17(19(23)24)11-12-18(22)20-14-5-7-15(27-2)8-6-14/h3-10,17,21H,11-12H2,1-2H3,(H,20,22)(H,23,24)/t17-/m0/s1. The first-order valence-corrected chi connectivity index (χ1v) is 9.95. The van der Waals surface area contributed by atoms with Crippen LogP contribution in [0, 0.1) is 6.92 Å². The normalized spacial score (nSPS) is 12.2. The lowest BCUT2D eigenvalue weighted by atomic mass is 10.1. The van der Waals surface area contributed by atoms with Gasteiger partial charge in [0.15, 0.2) is 0 Å². The highest BCUT2D eigenvalue weighted by atomic mass is 32.2. The number of amides is 1. The number of benzene rings is 2. The quantitative estimate of drug-likeness (QED) is 0.587. The van der Waals surface area contributed by atoms with Crippen LogP contribution in [-0.4, -0.2) is 38.6 Å². The number of hydrogen-bond acceptors (Lipinski definition) is 5. The Bertz CT molecular complexity index is 924. The van der Waals surface area contributed by atoms with Crippen LogP contribution < -0.4 is 14.8 Å². The first kappa shape index (κ1) is 21.4. The lowest BCUT2D eigenvalue weighted by molar-refractivity contribution is -0.139. The van der Waals surface area contributed by atoms with E-state index in [1.54, 1.807) is 36.4 Å². The molecule has 0 heterocycles. The SMILES string of the molecule is COc1ccc(NC(=O)CC[C@H](NS(=O)(=O)c2ccc(C)cc2)C(=O)O)cc1. The second-order valence-electron chi connectivity index (χ2n) is 6.14. The van der Waals surface area contributed by atoms with Crippen LogP contribution in [-0.2, 0) is 19.6 Å². The Morgan fingerprint density at radius 1 is 1.07 bits per heavy atom. The average Bonchev–Trinajstić information content (AvgIpc) is 2.66. The molecule has 150 valence electrons. The number of carbonyl (C=O) groups excluding carboxylic acids is 1. The minimum absolute atomic E-state index is 0.0352. The Hall–Kier alpha value is -2.91. The summed E-state index contributed by atoms with van der Waals surface area (Å²) in [4.78, 5) is 23.5. The fourth-order valence-corrected chi connectivity index (χ4v) is 3.60. The van der Waals surface area contributed by atoms with E-state index < -0.39 is 27.9 Å². The maximum atomic E-state index is 12.4. The molecule has 0 bridgehead atoms. The first-order valence-electron chi connectivity index (χ1n) is 8.47. The van der Waals surface area contributed by atoms with Gasteiger partial charge in [-0.1, -0.05) is 17.7 Å². The predicted molar refractivity (Wildman–Crippen MR) is 104 cm³/mol. The van der Waals surface area contributed by atoms with E-state index in [0.717, 1.165) is 5.56 Å². The van der Waals surface area contributed by atoms with Crippen molar-refractivity contribution in [2.24, 2.45) is 0 Å². The number of anilines is 1. The number of sulfonamides is 1. The summed E-state index contributed by atoms with van der Waals surface area (Å²) in [6.45, 7) is 1.81. The zero-order valence-corrected chi connectivity index (χ0v) is 16.3. The van der Waals surface area contributed by atoms with Crippen LogP contribution in [0.3, 0.4) is 0 Å². The maximum absolute atomic E-state index is 12.4. The fourth-order valence-electron chi connectivity index (χ4n) is 2.38. The molecule has 9 heteroatoms. The third kappa shape index (κ3) is 6.07. The van der Waals surface area contributed by atoms with Gasteiger partial charge in [-0.25, -0.2) is 8.42 Å². The molecular weight excluding hydrogens is 384 g/mol. The van der Waals surface area contributed by atoms with Crippen LogP contribution in [0.25, 0.3) is 0 Å². The zero-order chi connectivity index (χ0) is 20.7. The minimum atomic E-state index is -4.01. The Kier molecular flexibility index (Phi) is 7.13. The summed E-state index contributed by atoms with van der Waals surface area (Å²) in [6.07, 6.45) is -0.359. The van der Waals surface area contributed by atoms with Crippen molar-refractivity contribution in [2.45, 2.75) is 30.7 Å². The van der Waals surface area contributed by atoms with Crippen LogP contribution in [0.5, 0.6) is 5.75 Å². The first-order chi connectivity index (χ1) is 13.2. The molecular formula is C19H22N2O6S. The topological polar surface area (TPSA) is 122 Å². The highest BCUT2D eigenvalue weighted by molar-refractivity contribution is 7.89. The smallest absolute Gasteiger partial charge is 0.321 e. The van der Waals surface area contributed by atoms with Gasteiger partial charge in [0, 0.05) is 12.1 Å². The van der Waals surface area contributed by atoms with E-state index in [-0.39, 0.29) is 17.7 Å². The largest absolute Gasteiger partial charge is 0.497 e. The summed E-state index contributed by atoms with van der Waals surface area (Å²) in [6, 6.07) is 11.2. The summed E-state index contributed by atoms with van der Waals surface area (Å²) in [5.74, 6) is -1.15. The molecule has 0 spiro atoms. The van der Waals surface area contributed by atoms with E-state index in [0.29, 0.717) is 11.4 Å². The summed E-state index contributed by atoms with van der Waals surface area (Å²) in [7, 11) is -2.49. The van der Waals surface area contributed by atoms with E-state index in [4.69, 9.17) is 4.74 Å². The van der Waals surface area contributed by atoms with Gasteiger partial charge in [0.1, 0.15) is 11.8 Å². The molecule has 3 N–H and O–H groups in total. The Morgan fingerprint density at radius 3 is 2.21 bits per heavy atom. The van der Waals surface area contributed by atoms with Crippen LogP contribution in [0.15, 0.2) is 53.4 Å². The van der Waals surface area contributed by atoms with Gasteiger partial charge < -0.3 is 15.2 Å². The van der Waals surface area contributed by atoms with E-state index in [1.807, 2.05) is 6.92 Å². The van der Waals surface area contributed by atoms with E-state index in [2.05, 4.69) is 10.0 Å². The van der Waals surface area contributed by atoms with Crippen LogP contribution in [0.4, 0.5) is 5.69 Å². The van der Waals surface area contributed by atoms with Crippen LogP contribution >= 0.6 is 0 Å². The molecule has 0 radical (unpaired) electrons. The van der Waals surface area contributed by atoms with Crippen molar-refractivity contribution in [3.05, 3.63) is 54.1 Å². The molecule has 2 aromatic carbocycles.